The van der Waals surface area contributed by atoms with Crippen LogP contribution in [0.4, 0.5) is 0 Å². The van der Waals surface area contributed by atoms with Gasteiger partial charge in [0, 0.05) is 0 Å². The van der Waals surface area contributed by atoms with E-state index in [1.54, 1.807) is 0 Å². The fraction of sp³-hybridized carbons (Fsp3) is 0.846. The van der Waals surface area contributed by atoms with Gasteiger partial charge in [0.25, 0.3) is 0 Å². The molecule has 1 rings (SSSR count). The summed E-state index contributed by atoms with van der Waals surface area (Å²) in [5, 5.41) is 0.327. The van der Waals surface area contributed by atoms with Crippen molar-refractivity contribution in [2.45, 2.75) is 70.7 Å². The highest BCUT2D eigenvalue weighted by Gasteiger charge is 2.38. The third kappa shape index (κ3) is 3.76. The summed E-state index contributed by atoms with van der Waals surface area (Å²) < 4.78 is 6.38. The second-order valence-corrected chi connectivity index (χ2v) is 10.9. The molecule has 1 aliphatic rings. The van der Waals surface area contributed by atoms with Crippen molar-refractivity contribution >= 4 is 8.32 Å². The van der Waals surface area contributed by atoms with Crippen molar-refractivity contribution in [1.29, 1.82) is 0 Å². The highest BCUT2D eigenvalue weighted by molar-refractivity contribution is 6.74. The predicted octanol–water partition coefficient (Wildman–Crippen LogP) is 4.51. The van der Waals surface area contributed by atoms with Gasteiger partial charge in [-0.15, -0.1) is 0 Å². The zero-order valence-corrected chi connectivity index (χ0v) is 12.0. The molecule has 0 fully saturated rings. The normalized spacial score (nSPS) is 23.9. The van der Waals surface area contributed by atoms with E-state index in [1.807, 2.05) is 0 Å². The van der Waals surface area contributed by atoms with Gasteiger partial charge < -0.3 is 4.43 Å². The van der Waals surface area contributed by atoms with Crippen LogP contribution in [0.1, 0.15) is 46.5 Å². The first kappa shape index (κ1) is 13.0. The SMILES string of the molecule is CC(C)(C)[Si](C)(C)OC1C=CCCCC1. The van der Waals surface area contributed by atoms with Crippen molar-refractivity contribution in [3.05, 3.63) is 12.2 Å². The van der Waals surface area contributed by atoms with Crippen LogP contribution in [-0.2, 0) is 4.43 Å². The van der Waals surface area contributed by atoms with Gasteiger partial charge >= 0.3 is 0 Å². The number of rotatable bonds is 2. The molecule has 1 atom stereocenters. The Labute approximate surface area is 96.0 Å². The largest absolute Gasteiger partial charge is 0.411 e. The summed E-state index contributed by atoms with van der Waals surface area (Å²) in [5.41, 5.74) is 0. The summed E-state index contributed by atoms with van der Waals surface area (Å²) in [4.78, 5) is 0. The van der Waals surface area contributed by atoms with Crippen LogP contribution in [0.15, 0.2) is 12.2 Å². The lowest BCUT2D eigenvalue weighted by Gasteiger charge is -2.38. The van der Waals surface area contributed by atoms with Crippen LogP contribution < -0.4 is 0 Å². The summed E-state index contributed by atoms with van der Waals surface area (Å²) >= 11 is 0. The Morgan fingerprint density at radius 3 is 2.47 bits per heavy atom. The molecule has 0 aromatic carbocycles. The van der Waals surface area contributed by atoms with Crippen molar-refractivity contribution in [3.63, 3.8) is 0 Å². The Hall–Kier alpha value is -0.0831. The molecule has 0 heterocycles. The molecule has 1 unspecified atom stereocenters. The maximum Gasteiger partial charge on any atom is 0.192 e. The summed E-state index contributed by atoms with van der Waals surface area (Å²) in [6, 6.07) is 0. The molecule has 0 bridgehead atoms. The molecule has 2 heteroatoms. The molecule has 88 valence electrons. The van der Waals surface area contributed by atoms with E-state index in [2.05, 4.69) is 46.0 Å². The van der Waals surface area contributed by atoms with Crippen LogP contribution in [0.25, 0.3) is 0 Å². The average molecular weight is 226 g/mol. The molecule has 0 amide bonds. The first-order valence-corrected chi connectivity index (χ1v) is 9.08. The summed E-state index contributed by atoms with van der Waals surface area (Å²) in [6.45, 7) is 11.6. The Morgan fingerprint density at radius 1 is 1.20 bits per heavy atom. The van der Waals surface area contributed by atoms with Gasteiger partial charge in [0.1, 0.15) is 0 Å². The van der Waals surface area contributed by atoms with Gasteiger partial charge in [-0.2, -0.15) is 0 Å². The zero-order valence-electron chi connectivity index (χ0n) is 11.0. The van der Waals surface area contributed by atoms with Gasteiger partial charge in [-0.1, -0.05) is 39.3 Å². The molecule has 0 N–H and O–H groups in total. The topological polar surface area (TPSA) is 9.23 Å². The minimum absolute atomic E-state index is 0.327. The first-order chi connectivity index (χ1) is 6.83. The van der Waals surface area contributed by atoms with Crippen LogP contribution in [0.3, 0.4) is 0 Å². The monoisotopic (exact) mass is 226 g/mol. The molecule has 0 aromatic heterocycles. The van der Waals surface area contributed by atoms with Crippen LogP contribution in [0, 0.1) is 0 Å². The predicted molar refractivity (Wildman–Crippen MR) is 69.7 cm³/mol. The fourth-order valence-electron chi connectivity index (χ4n) is 1.61. The van der Waals surface area contributed by atoms with E-state index in [4.69, 9.17) is 4.43 Å². The molecule has 0 aromatic rings. The lowest BCUT2D eigenvalue weighted by Crippen LogP contribution is -2.43. The minimum atomic E-state index is -1.57. The third-order valence-corrected chi connectivity index (χ3v) is 8.22. The molecule has 1 nitrogen and oxygen atoms in total. The van der Waals surface area contributed by atoms with Crippen LogP contribution >= 0.6 is 0 Å². The summed E-state index contributed by atoms with van der Waals surface area (Å²) in [7, 11) is -1.57. The van der Waals surface area contributed by atoms with Crippen LogP contribution in [0.5, 0.6) is 0 Å². The van der Waals surface area contributed by atoms with Gasteiger partial charge in [0.15, 0.2) is 8.32 Å². The minimum Gasteiger partial charge on any atom is -0.411 e. The van der Waals surface area contributed by atoms with E-state index < -0.39 is 8.32 Å². The summed E-state index contributed by atoms with van der Waals surface area (Å²) in [6.07, 6.45) is 10.0. The molecule has 15 heavy (non-hydrogen) atoms. The van der Waals surface area contributed by atoms with E-state index in [0.717, 1.165) is 0 Å². The molecular weight excluding hydrogens is 200 g/mol. The van der Waals surface area contributed by atoms with Crippen molar-refractivity contribution in [2.24, 2.45) is 0 Å². The fourth-order valence-corrected chi connectivity index (χ4v) is 2.91. The van der Waals surface area contributed by atoms with Gasteiger partial charge in [0.05, 0.1) is 6.10 Å². The molecular formula is C13H26OSi. The van der Waals surface area contributed by atoms with Gasteiger partial charge in [0.2, 0.25) is 0 Å². The lowest BCUT2D eigenvalue weighted by molar-refractivity contribution is 0.213. The van der Waals surface area contributed by atoms with Crippen molar-refractivity contribution in [2.75, 3.05) is 0 Å². The third-order valence-electron chi connectivity index (χ3n) is 3.71. The van der Waals surface area contributed by atoms with E-state index in [0.29, 0.717) is 11.1 Å². The summed E-state index contributed by atoms with van der Waals surface area (Å²) in [5.74, 6) is 0. The zero-order chi connectivity index (χ0) is 11.5. The molecule has 0 spiro atoms. The Morgan fingerprint density at radius 2 is 1.87 bits per heavy atom. The quantitative estimate of drug-likeness (QED) is 0.497. The van der Waals surface area contributed by atoms with E-state index in [9.17, 15) is 0 Å². The standard InChI is InChI=1S/C13H26OSi/c1-13(2,3)15(4,5)14-12-10-8-6-7-9-11-12/h8,10,12H,6-7,9,11H2,1-5H3. The molecule has 0 saturated carbocycles. The van der Waals surface area contributed by atoms with Crippen molar-refractivity contribution in [1.82, 2.24) is 0 Å². The Kier molecular flexibility index (Phi) is 4.18. The second kappa shape index (κ2) is 4.83. The first-order valence-electron chi connectivity index (χ1n) is 6.17. The molecule has 0 aliphatic heterocycles. The van der Waals surface area contributed by atoms with E-state index in [1.165, 1.54) is 25.7 Å². The number of allylic oxidation sites excluding steroid dienone is 1. The Bertz CT molecular complexity index is 225. The molecule has 0 saturated heterocycles. The number of hydrogen-bond acceptors (Lipinski definition) is 1. The number of hydrogen-bond donors (Lipinski definition) is 0. The van der Waals surface area contributed by atoms with E-state index >= 15 is 0 Å². The Balaban J connectivity index is 2.59. The van der Waals surface area contributed by atoms with Gasteiger partial charge in [-0.25, -0.2) is 0 Å². The van der Waals surface area contributed by atoms with E-state index in [-0.39, 0.29) is 0 Å². The van der Waals surface area contributed by atoms with Crippen molar-refractivity contribution in [3.8, 4) is 0 Å². The maximum atomic E-state index is 6.38. The van der Waals surface area contributed by atoms with Crippen LogP contribution in [0.2, 0.25) is 18.1 Å². The van der Waals surface area contributed by atoms with Gasteiger partial charge in [-0.05, 0) is 37.4 Å². The molecule has 0 radical (unpaired) electrons. The molecule has 1 aliphatic carbocycles. The second-order valence-electron chi connectivity index (χ2n) is 6.13. The highest BCUT2D eigenvalue weighted by Crippen LogP contribution is 2.38. The highest BCUT2D eigenvalue weighted by atomic mass is 28.4. The average Bonchev–Trinajstić information content (AvgIpc) is 2.30. The van der Waals surface area contributed by atoms with Gasteiger partial charge in [-0.3, -0.25) is 0 Å². The maximum absolute atomic E-state index is 6.38. The van der Waals surface area contributed by atoms with Crippen molar-refractivity contribution < 1.29 is 4.43 Å². The smallest absolute Gasteiger partial charge is 0.192 e. The van der Waals surface area contributed by atoms with Crippen LogP contribution in [-0.4, -0.2) is 14.4 Å². The lowest BCUT2D eigenvalue weighted by atomic mass is 10.2.